The Hall–Kier alpha value is -1.62. The van der Waals surface area contributed by atoms with Gasteiger partial charge in [-0.05, 0) is 65.2 Å². The SMILES string of the molecule is Cc1nccn1-c1ccc(C(CC(=O)O)C2CC2)cc1Br. The molecule has 4 nitrogen and oxygen atoms in total. The molecule has 5 heteroatoms. The normalized spacial score (nSPS) is 15.9. The first-order valence-corrected chi connectivity index (χ1v) is 7.87. The van der Waals surface area contributed by atoms with Crippen LogP contribution < -0.4 is 0 Å². The molecule has 110 valence electrons. The second kappa shape index (κ2) is 5.64. The third kappa shape index (κ3) is 3.02. The average molecular weight is 349 g/mol. The highest BCUT2D eigenvalue weighted by atomic mass is 79.9. The fourth-order valence-corrected chi connectivity index (χ4v) is 3.41. The first kappa shape index (κ1) is 14.3. The van der Waals surface area contributed by atoms with Crippen molar-refractivity contribution in [2.75, 3.05) is 0 Å². The van der Waals surface area contributed by atoms with Gasteiger partial charge in [0.2, 0.25) is 0 Å². The van der Waals surface area contributed by atoms with Gasteiger partial charge in [-0.2, -0.15) is 0 Å². The molecule has 1 fully saturated rings. The topological polar surface area (TPSA) is 55.1 Å². The van der Waals surface area contributed by atoms with Gasteiger partial charge in [0.05, 0.1) is 12.1 Å². The maximum atomic E-state index is 11.1. The molecular weight excluding hydrogens is 332 g/mol. The second-order valence-corrected chi connectivity index (χ2v) is 6.45. The third-order valence-electron chi connectivity index (χ3n) is 4.07. The van der Waals surface area contributed by atoms with Crippen LogP contribution in [0, 0.1) is 12.8 Å². The predicted octanol–water partition coefficient (Wildman–Crippen LogP) is 3.91. The molecule has 1 heterocycles. The number of carbonyl (C=O) groups is 1. The monoisotopic (exact) mass is 348 g/mol. The van der Waals surface area contributed by atoms with Gasteiger partial charge in [-0.25, -0.2) is 4.98 Å². The van der Waals surface area contributed by atoms with Crippen molar-refractivity contribution in [3.05, 3.63) is 46.5 Å². The molecule has 1 aliphatic rings. The lowest BCUT2D eigenvalue weighted by Gasteiger charge is -2.17. The van der Waals surface area contributed by atoms with Gasteiger partial charge in [0.15, 0.2) is 0 Å². The van der Waals surface area contributed by atoms with Gasteiger partial charge in [0.1, 0.15) is 5.82 Å². The maximum Gasteiger partial charge on any atom is 0.303 e. The van der Waals surface area contributed by atoms with Gasteiger partial charge in [-0.3, -0.25) is 4.79 Å². The molecule has 3 rings (SSSR count). The number of aromatic nitrogens is 2. The van der Waals surface area contributed by atoms with E-state index in [2.05, 4.69) is 27.0 Å². The van der Waals surface area contributed by atoms with Crippen LogP contribution >= 0.6 is 15.9 Å². The van der Waals surface area contributed by atoms with Crippen LogP contribution in [0.3, 0.4) is 0 Å². The van der Waals surface area contributed by atoms with E-state index in [1.165, 1.54) is 0 Å². The van der Waals surface area contributed by atoms with Crippen LogP contribution in [0.5, 0.6) is 0 Å². The van der Waals surface area contributed by atoms with Crippen molar-refractivity contribution in [1.82, 2.24) is 9.55 Å². The summed E-state index contributed by atoms with van der Waals surface area (Å²) in [6, 6.07) is 6.14. The molecule has 0 amide bonds. The van der Waals surface area contributed by atoms with Crippen LogP contribution in [0.15, 0.2) is 35.1 Å². The molecule has 1 aromatic heterocycles. The van der Waals surface area contributed by atoms with Crippen molar-refractivity contribution < 1.29 is 9.90 Å². The molecule has 1 saturated carbocycles. The van der Waals surface area contributed by atoms with Gasteiger partial charge in [-0.15, -0.1) is 0 Å². The fourth-order valence-electron chi connectivity index (χ4n) is 2.83. The first-order chi connectivity index (χ1) is 10.1. The van der Waals surface area contributed by atoms with Gasteiger partial charge in [0, 0.05) is 16.9 Å². The highest BCUT2D eigenvalue weighted by Gasteiger charge is 2.33. The number of halogens is 1. The Bertz CT molecular complexity index is 677. The van der Waals surface area contributed by atoms with Crippen LogP contribution in [0.25, 0.3) is 5.69 Å². The molecule has 0 saturated heterocycles. The zero-order valence-corrected chi connectivity index (χ0v) is 13.4. The summed E-state index contributed by atoms with van der Waals surface area (Å²) in [5.41, 5.74) is 2.13. The van der Waals surface area contributed by atoms with E-state index in [1.807, 2.05) is 29.8 Å². The highest BCUT2D eigenvalue weighted by molar-refractivity contribution is 9.10. The Morgan fingerprint density at radius 3 is 2.81 bits per heavy atom. The molecule has 1 aliphatic carbocycles. The molecule has 0 aliphatic heterocycles. The van der Waals surface area contributed by atoms with Crippen molar-refractivity contribution in [2.24, 2.45) is 5.92 Å². The van der Waals surface area contributed by atoms with Crippen LogP contribution in [0.2, 0.25) is 0 Å². The molecular formula is C16H17BrN2O2. The number of imidazole rings is 1. The van der Waals surface area contributed by atoms with Crippen LogP contribution in [0.1, 0.15) is 36.6 Å². The predicted molar refractivity (Wildman–Crippen MR) is 83.7 cm³/mol. The lowest BCUT2D eigenvalue weighted by molar-refractivity contribution is -0.137. The van der Waals surface area contributed by atoms with E-state index in [0.717, 1.165) is 34.4 Å². The van der Waals surface area contributed by atoms with Crippen molar-refractivity contribution in [2.45, 2.75) is 32.1 Å². The van der Waals surface area contributed by atoms with Crippen LogP contribution in [0.4, 0.5) is 0 Å². The third-order valence-corrected chi connectivity index (χ3v) is 4.71. The zero-order valence-electron chi connectivity index (χ0n) is 11.8. The Morgan fingerprint density at radius 2 is 2.29 bits per heavy atom. The van der Waals surface area contributed by atoms with E-state index in [0.29, 0.717) is 5.92 Å². The highest BCUT2D eigenvalue weighted by Crippen LogP contribution is 2.45. The van der Waals surface area contributed by atoms with Gasteiger partial charge >= 0.3 is 5.97 Å². The molecule has 1 unspecified atom stereocenters. The average Bonchev–Trinajstić information content (AvgIpc) is 3.18. The molecule has 1 atom stereocenters. The zero-order chi connectivity index (χ0) is 15.0. The summed E-state index contributed by atoms with van der Waals surface area (Å²) in [6.45, 7) is 1.96. The molecule has 1 aromatic carbocycles. The minimum atomic E-state index is -0.724. The van der Waals surface area contributed by atoms with Crippen molar-refractivity contribution in [3.63, 3.8) is 0 Å². The van der Waals surface area contributed by atoms with Crippen LogP contribution in [-0.4, -0.2) is 20.6 Å². The Morgan fingerprint density at radius 1 is 1.52 bits per heavy atom. The van der Waals surface area contributed by atoms with E-state index in [-0.39, 0.29) is 12.3 Å². The molecule has 1 N–H and O–H groups in total. The van der Waals surface area contributed by atoms with E-state index in [9.17, 15) is 4.79 Å². The number of carboxylic acid groups (broad SMARTS) is 1. The lowest BCUT2D eigenvalue weighted by Crippen LogP contribution is -2.09. The fraction of sp³-hybridized carbons (Fsp3) is 0.375. The van der Waals surface area contributed by atoms with Gasteiger partial charge in [0.25, 0.3) is 0 Å². The van der Waals surface area contributed by atoms with Crippen molar-refractivity contribution in [3.8, 4) is 5.69 Å². The van der Waals surface area contributed by atoms with Crippen LogP contribution in [-0.2, 0) is 4.79 Å². The Balaban J connectivity index is 1.93. The summed E-state index contributed by atoms with van der Waals surface area (Å²) >= 11 is 3.61. The second-order valence-electron chi connectivity index (χ2n) is 5.60. The summed E-state index contributed by atoms with van der Waals surface area (Å²) in [4.78, 5) is 15.3. The minimum absolute atomic E-state index is 0.122. The summed E-state index contributed by atoms with van der Waals surface area (Å²) < 4.78 is 2.98. The summed E-state index contributed by atoms with van der Waals surface area (Å²) in [6.07, 6.45) is 6.17. The molecule has 2 aromatic rings. The first-order valence-electron chi connectivity index (χ1n) is 7.08. The summed E-state index contributed by atoms with van der Waals surface area (Å²) in [5.74, 6) is 0.843. The number of hydrogen-bond acceptors (Lipinski definition) is 2. The Labute approximate surface area is 131 Å². The number of aliphatic carboxylic acids is 1. The van der Waals surface area contributed by atoms with E-state index < -0.39 is 5.97 Å². The number of hydrogen-bond donors (Lipinski definition) is 1. The number of nitrogens with zero attached hydrogens (tertiary/aromatic N) is 2. The molecule has 0 bridgehead atoms. The number of aryl methyl sites for hydroxylation is 1. The molecule has 0 spiro atoms. The molecule has 0 radical (unpaired) electrons. The number of rotatable bonds is 5. The lowest BCUT2D eigenvalue weighted by atomic mass is 9.91. The van der Waals surface area contributed by atoms with E-state index in [4.69, 9.17) is 5.11 Å². The smallest absolute Gasteiger partial charge is 0.303 e. The van der Waals surface area contributed by atoms with Crippen molar-refractivity contribution in [1.29, 1.82) is 0 Å². The maximum absolute atomic E-state index is 11.1. The van der Waals surface area contributed by atoms with Gasteiger partial charge in [-0.1, -0.05) is 6.07 Å². The molecule has 21 heavy (non-hydrogen) atoms. The largest absolute Gasteiger partial charge is 0.481 e. The van der Waals surface area contributed by atoms with E-state index >= 15 is 0 Å². The van der Waals surface area contributed by atoms with Gasteiger partial charge < -0.3 is 9.67 Å². The van der Waals surface area contributed by atoms with E-state index in [1.54, 1.807) is 6.20 Å². The van der Waals surface area contributed by atoms with Crippen molar-refractivity contribution >= 4 is 21.9 Å². The standard InChI is InChI=1S/C16H17BrN2O2/c1-10-18-6-7-19(10)15-5-4-12(8-14(15)17)13(9-16(20)21)11-2-3-11/h4-8,11,13H,2-3,9H2,1H3,(H,20,21). The number of benzene rings is 1. The quantitative estimate of drug-likeness (QED) is 0.890. The summed E-state index contributed by atoms with van der Waals surface area (Å²) in [5, 5.41) is 9.11. The number of carboxylic acids is 1. The Kier molecular flexibility index (Phi) is 3.85. The summed E-state index contributed by atoms with van der Waals surface area (Å²) in [7, 11) is 0. The minimum Gasteiger partial charge on any atom is -0.481 e.